The summed E-state index contributed by atoms with van der Waals surface area (Å²) in [7, 11) is 2.02. The van der Waals surface area contributed by atoms with Crippen LogP contribution in [0.4, 0.5) is 47.3 Å². The Balaban J connectivity index is 0.901. The molecule has 0 aliphatic carbocycles. The van der Waals surface area contributed by atoms with E-state index < -0.39 is 59.4 Å². The van der Waals surface area contributed by atoms with E-state index in [4.69, 9.17) is 0 Å². The number of urea groups is 2. The summed E-state index contributed by atoms with van der Waals surface area (Å²) in [6.07, 6.45) is -8.63. The largest absolute Gasteiger partial charge is 0.416 e. The second-order valence-corrected chi connectivity index (χ2v) is 19.5. The zero-order valence-electron chi connectivity index (χ0n) is 41.4. The van der Waals surface area contributed by atoms with Gasteiger partial charge in [0.25, 0.3) is 11.8 Å². The second-order valence-electron chi connectivity index (χ2n) is 19.5. The first-order valence-corrected chi connectivity index (χ1v) is 24.5. The summed E-state index contributed by atoms with van der Waals surface area (Å²) >= 11 is 0. The van der Waals surface area contributed by atoms with Crippen molar-refractivity contribution in [1.29, 1.82) is 10.5 Å². The van der Waals surface area contributed by atoms with E-state index in [0.717, 1.165) is 39.6 Å². The van der Waals surface area contributed by atoms with Crippen LogP contribution in [0.15, 0.2) is 144 Å². The SMILES string of the molecule is C[N+](CCCN1CC2=C(C1=O)[C@@H](c1ccc(C#N)cc1)NC(=O)N2c1cccc(C(F)(F)F)c1)(CCCN1CC2=C(C1=O)[C@@H](c1ccc(C#N)cc1)NC(=O)N2c1cccc(C(F)(F)F)c1)Cc1ccc(-c2nnn[n-]2)cc1. The summed E-state index contributed by atoms with van der Waals surface area (Å²) in [5, 5.41) is 39.5. The summed E-state index contributed by atoms with van der Waals surface area (Å²) in [4.78, 5) is 62.5. The number of rotatable bonds is 15. The van der Waals surface area contributed by atoms with Crippen molar-refractivity contribution in [2.45, 2.75) is 43.8 Å². The average Bonchev–Trinajstić information content (AvgIpc) is 4.35. The van der Waals surface area contributed by atoms with Gasteiger partial charge in [-0.1, -0.05) is 60.7 Å². The number of halogens is 6. The molecule has 4 aliphatic rings. The maximum absolute atomic E-state index is 14.6. The minimum absolute atomic E-state index is 0.0842. The first-order valence-electron chi connectivity index (χ1n) is 24.5. The Morgan fingerprint density at radius 1 is 0.641 bits per heavy atom. The molecule has 6 amide bonds. The van der Waals surface area contributed by atoms with Gasteiger partial charge in [0.05, 0.1) is 114 Å². The maximum Gasteiger partial charge on any atom is 0.416 e. The maximum atomic E-state index is 14.6. The number of carbonyl (C=O) groups excluding carboxylic acids is 4. The number of amides is 6. The molecular formula is C55H45F6N13O4. The first kappa shape index (κ1) is 52.1. The van der Waals surface area contributed by atoms with Crippen molar-refractivity contribution in [3.8, 4) is 23.5 Å². The quantitative estimate of drug-likeness (QED) is 0.0746. The van der Waals surface area contributed by atoms with Crippen molar-refractivity contribution in [1.82, 2.24) is 41.1 Å². The molecule has 0 spiro atoms. The highest BCUT2D eigenvalue weighted by Gasteiger charge is 2.47. The molecule has 0 unspecified atom stereocenters. The number of nitriles is 2. The van der Waals surface area contributed by atoms with Gasteiger partial charge in [-0.2, -0.15) is 42.1 Å². The predicted octanol–water partition coefficient (Wildman–Crippen LogP) is 8.14. The first-order chi connectivity index (χ1) is 37.3. The number of nitrogens with one attached hydrogen (secondary N) is 2. The molecule has 5 aromatic carbocycles. The summed E-state index contributed by atoms with van der Waals surface area (Å²) in [5.41, 5.74) is 1.90. The topological polar surface area (TPSA) is 206 Å². The highest BCUT2D eigenvalue weighted by molar-refractivity contribution is 6.08. The third-order valence-electron chi connectivity index (χ3n) is 14.4. The number of anilines is 2. The number of hydrogen-bond acceptors (Lipinski definition) is 9. The number of tetrazole rings is 1. The molecule has 4 aliphatic heterocycles. The van der Waals surface area contributed by atoms with Gasteiger partial charge >= 0.3 is 24.4 Å². The molecule has 2 atom stereocenters. The number of benzene rings is 5. The van der Waals surface area contributed by atoms with Gasteiger partial charge in [-0.15, -0.1) is 0 Å². The lowest BCUT2D eigenvalue weighted by Crippen LogP contribution is -2.47. The number of hydrogen-bond donors (Lipinski definition) is 2. The Kier molecular flexibility index (Phi) is 13.8. The van der Waals surface area contributed by atoms with E-state index in [9.17, 15) is 56.0 Å². The standard InChI is InChI=1S/C55H45F6N13O4/c1-74(32-35-14-20-38(21-15-35)49-66-68-69-67-49,24-4-22-70-30-43-45(50(70)75)47(36-16-10-33(28-62)11-17-36)64-52(77)72(43)41-8-2-6-39(26-41)54(56,57)58)25-5-23-71-31-44-46(51(71)76)48(37-18-12-34(29-63)13-19-37)65-53(78)73(44)42-9-3-7-40(27-42)55(59,60)61/h2-3,6-21,26-27,47-48H,4-5,22-25,30-32H2,1H3,(H2-,64,65,66,67,68,69,77,78)/t47-,48-/m1/s1. The summed E-state index contributed by atoms with van der Waals surface area (Å²) < 4.78 is 84.2. The monoisotopic (exact) mass is 1070 g/mol. The summed E-state index contributed by atoms with van der Waals surface area (Å²) in [6.45, 7) is 1.50. The molecule has 23 heteroatoms. The lowest BCUT2D eigenvalue weighted by Gasteiger charge is -2.36. The summed E-state index contributed by atoms with van der Waals surface area (Å²) in [5.74, 6) is -0.530. The van der Waals surface area contributed by atoms with Crippen molar-refractivity contribution in [2.24, 2.45) is 0 Å². The Bertz CT molecular complexity index is 3290. The average molecular weight is 1070 g/mol. The van der Waals surface area contributed by atoms with Crippen molar-refractivity contribution >= 4 is 35.3 Å². The molecule has 78 heavy (non-hydrogen) atoms. The van der Waals surface area contributed by atoms with Crippen molar-refractivity contribution in [3.05, 3.63) is 183 Å². The van der Waals surface area contributed by atoms with E-state index in [1.807, 2.05) is 43.5 Å². The van der Waals surface area contributed by atoms with E-state index in [2.05, 4.69) is 31.3 Å². The molecule has 17 nitrogen and oxygen atoms in total. The van der Waals surface area contributed by atoms with Gasteiger partial charge < -0.3 is 30.0 Å². The minimum atomic E-state index is -4.72. The third-order valence-corrected chi connectivity index (χ3v) is 14.4. The van der Waals surface area contributed by atoms with Crippen LogP contribution in [0.3, 0.4) is 0 Å². The summed E-state index contributed by atoms with van der Waals surface area (Å²) in [6, 6.07) is 29.3. The molecule has 0 saturated heterocycles. The van der Waals surface area contributed by atoms with E-state index >= 15 is 0 Å². The van der Waals surface area contributed by atoms with Gasteiger partial charge in [0.15, 0.2) is 0 Å². The van der Waals surface area contributed by atoms with Gasteiger partial charge in [-0.3, -0.25) is 29.7 Å². The number of quaternary nitrogens is 1. The van der Waals surface area contributed by atoms with Gasteiger partial charge in [-0.05, 0) is 77.4 Å². The fourth-order valence-electron chi connectivity index (χ4n) is 10.6. The fourth-order valence-corrected chi connectivity index (χ4v) is 10.6. The van der Waals surface area contributed by atoms with Gasteiger partial charge in [0.2, 0.25) is 0 Å². The molecule has 1 aromatic heterocycles. The number of nitrogens with zero attached hydrogens (tertiary/aromatic N) is 11. The fraction of sp³-hybridized carbons (Fsp3) is 0.255. The molecule has 396 valence electrons. The van der Waals surface area contributed by atoms with E-state index in [1.54, 1.807) is 58.3 Å². The van der Waals surface area contributed by atoms with Gasteiger partial charge in [0, 0.05) is 37.3 Å². The van der Waals surface area contributed by atoms with Gasteiger partial charge in [0.1, 0.15) is 6.54 Å². The molecular weight excluding hydrogens is 1020 g/mol. The van der Waals surface area contributed by atoms with Gasteiger partial charge in [-0.25, -0.2) is 9.59 Å². The molecule has 0 radical (unpaired) electrons. The molecule has 2 N–H and O–H groups in total. The molecule has 0 bridgehead atoms. The predicted molar refractivity (Wildman–Crippen MR) is 267 cm³/mol. The molecule has 0 saturated carbocycles. The van der Waals surface area contributed by atoms with Crippen LogP contribution in [0.25, 0.3) is 11.4 Å². The van der Waals surface area contributed by atoms with Crippen LogP contribution >= 0.6 is 0 Å². The van der Waals surface area contributed by atoms with Crippen LogP contribution in [-0.2, 0) is 28.5 Å². The highest BCUT2D eigenvalue weighted by atomic mass is 19.4. The van der Waals surface area contributed by atoms with Crippen LogP contribution in [0.5, 0.6) is 0 Å². The number of aromatic nitrogens is 4. The van der Waals surface area contributed by atoms with Crippen molar-refractivity contribution in [3.63, 3.8) is 0 Å². The molecule has 10 rings (SSSR count). The Morgan fingerprint density at radius 2 is 1.09 bits per heavy atom. The van der Waals surface area contributed by atoms with Crippen molar-refractivity contribution in [2.75, 3.05) is 56.1 Å². The van der Waals surface area contributed by atoms with E-state index in [0.29, 0.717) is 70.6 Å². The van der Waals surface area contributed by atoms with Crippen molar-refractivity contribution < 1.29 is 50.0 Å². The van der Waals surface area contributed by atoms with Crippen LogP contribution in [-0.4, -0.2) is 100 Å². The second kappa shape index (κ2) is 20.6. The third kappa shape index (κ3) is 10.3. The van der Waals surface area contributed by atoms with Crippen LogP contribution in [0.1, 0.15) is 63.9 Å². The van der Waals surface area contributed by atoms with E-state index in [1.165, 1.54) is 24.3 Å². The Morgan fingerprint density at radius 3 is 1.49 bits per heavy atom. The minimum Gasteiger partial charge on any atom is -0.333 e. The van der Waals surface area contributed by atoms with Crippen LogP contribution in [0, 0.1) is 22.7 Å². The van der Waals surface area contributed by atoms with E-state index in [-0.39, 0.29) is 60.1 Å². The molecule has 0 fully saturated rings. The zero-order valence-corrected chi connectivity index (χ0v) is 41.4. The molecule has 5 heterocycles. The lowest BCUT2D eigenvalue weighted by molar-refractivity contribution is -0.922. The highest BCUT2D eigenvalue weighted by Crippen LogP contribution is 2.43. The normalized spacial score (nSPS) is 17.8. The Hall–Kier alpha value is -9.35. The smallest absolute Gasteiger partial charge is 0.333 e. The van der Waals surface area contributed by atoms with Crippen LogP contribution in [0.2, 0.25) is 0 Å². The Labute approximate surface area is 441 Å². The number of alkyl halides is 6. The number of carbonyl (C=O) groups is 4. The lowest BCUT2D eigenvalue weighted by atomic mass is 9.94. The zero-order chi connectivity index (χ0) is 55.1. The molecule has 6 aromatic rings. The van der Waals surface area contributed by atoms with Crippen LogP contribution < -0.4 is 25.5 Å².